The standard InChI is InChI=1S/C13H15F3N8/c1-8(2)24-7-20-21-10(24)3-17-11-9-4-23(5-13(14,15)16)22-12(9)19-6-18-11/h4,6-8H,3,5H2,1-2H3,(H,17,18,19,22). The Balaban J connectivity index is 1.83. The summed E-state index contributed by atoms with van der Waals surface area (Å²) in [5, 5.41) is 15.2. The zero-order valence-corrected chi connectivity index (χ0v) is 13.0. The fourth-order valence-electron chi connectivity index (χ4n) is 2.28. The number of nitrogens with one attached hydrogen (secondary N) is 1. The molecule has 11 heteroatoms. The van der Waals surface area contributed by atoms with Crippen molar-refractivity contribution in [2.24, 2.45) is 0 Å². The number of halogens is 3. The maximum atomic E-state index is 12.5. The van der Waals surface area contributed by atoms with Crippen LogP contribution in [-0.4, -0.2) is 40.7 Å². The van der Waals surface area contributed by atoms with Gasteiger partial charge >= 0.3 is 6.18 Å². The zero-order chi connectivity index (χ0) is 17.3. The maximum Gasteiger partial charge on any atom is 0.408 e. The van der Waals surface area contributed by atoms with Crippen molar-refractivity contribution in [1.82, 2.24) is 34.5 Å². The molecule has 0 bridgehead atoms. The number of hydrogen-bond acceptors (Lipinski definition) is 6. The summed E-state index contributed by atoms with van der Waals surface area (Å²) in [5.74, 6) is 1.09. The van der Waals surface area contributed by atoms with Crippen LogP contribution in [0.3, 0.4) is 0 Å². The average Bonchev–Trinajstić information content (AvgIpc) is 3.08. The van der Waals surface area contributed by atoms with Crippen LogP contribution in [0.5, 0.6) is 0 Å². The van der Waals surface area contributed by atoms with E-state index < -0.39 is 12.7 Å². The third kappa shape index (κ3) is 3.44. The van der Waals surface area contributed by atoms with E-state index in [1.54, 1.807) is 6.33 Å². The van der Waals surface area contributed by atoms with Gasteiger partial charge in [0.15, 0.2) is 11.5 Å². The summed E-state index contributed by atoms with van der Waals surface area (Å²) < 4.78 is 40.2. The van der Waals surface area contributed by atoms with E-state index in [0.29, 0.717) is 23.6 Å². The van der Waals surface area contributed by atoms with Gasteiger partial charge in [-0.05, 0) is 13.8 Å². The molecule has 0 fully saturated rings. The predicted octanol–water partition coefficient (Wildman–Crippen LogP) is 2.17. The van der Waals surface area contributed by atoms with Crippen LogP contribution in [0.15, 0.2) is 18.9 Å². The van der Waals surface area contributed by atoms with Gasteiger partial charge in [-0.25, -0.2) is 9.97 Å². The van der Waals surface area contributed by atoms with Crippen LogP contribution in [0.25, 0.3) is 11.0 Å². The Bertz CT molecular complexity index is 835. The molecular weight excluding hydrogens is 325 g/mol. The van der Waals surface area contributed by atoms with Gasteiger partial charge in [-0.15, -0.1) is 10.2 Å². The summed E-state index contributed by atoms with van der Waals surface area (Å²) in [6, 6.07) is 0.191. The minimum atomic E-state index is -4.35. The molecule has 3 heterocycles. The van der Waals surface area contributed by atoms with Crippen molar-refractivity contribution >= 4 is 16.9 Å². The van der Waals surface area contributed by atoms with Gasteiger partial charge in [-0.1, -0.05) is 0 Å². The highest BCUT2D eigenvalue weighted by Crippen LogP contribution is 2.22. The van der Waals surface area contributed by atoms with Gasteiger partial charge in [0.2, 0.25) is 0 Å². The first-order valence-corrected chi connectivity index (χ1v) is 7.20. The molecule has 3 rings (SSSR count). The monoisotopic (exact) mass is 340 g/mol. The number of rotatable bonds is 5. The second-order valence-electron chi connectivity index (χ2n) is 5.50. The molecule has 0 amide bonds. The normalized spacial score (nSPS) is 12.2. The molecule has 0 aliphatic heterocycles. The van der Waals surface area contributed by atoms with Crippen molar-refractivity contribution in [2.45, 2.75) is 39.2 Å². The van der Waals surface area contributed by atoms with Crippen LogP contribution in [-0.2, 0) is 13.1 Å². The van der Waals surface area contributed by atoms with E-state index in [9.17, 15) is 13.2 Å². The molecule has 0 saturated carbocycles. The Morgan fingerprint density at radius 3 is 2.75 bits per heavy atom. The Morgan fingerprint density at radius 2 is 2.04 bits per heavy atom. The molecular formula is C13H15F3N8. The number of aromatic nitrogens is 7. The molecule has 128 valence electrons. The molecule has 0 aliphatic rings. The van der Waals surface area contributed by atoms with Crippen molar-refractivity contribution in [3.8, 4) is 0 Å². The molecule has 0 saturated heterocycles. The van der Waals surface area contributed by atoms with Crippen molar-refractivity contribution in [2.75, 3.05) is 5.32 Å². The molecule has 8 nitrogen and oxygen atoms in total. The summed E-state index contributed by atoms with van der Waals surface area (Å²) in [6.45, 7) is 3.15. The number of anilines is 1. The lowest BCUT2D eigenvalue weighted by Crippen LogP contribution is -2.17. The largest absolute Gasteiger partial charge is 0.408 e. The molecule has 0 atom stereocenters. The van der Waals surface area contributed by atoms with Crippen molar-refractivity contribution in [1.29, 1.82) is 0 Å². The number of fused-ring (bicyclic) bond motifs is 1. The van der Waals surface area contributed by atoms with Gasteiger partial charge in [0.05, 0.1) is 11.9 Å². The summed E-state index contributed by atoms with van der Waals surface area (Å²) in [7, 11) is 0. The topological polar surface area (TPSA) is 86.3 Å². The molecule has 0 aromatic carbocycles. The second kappa shape index (κ2) is 6.06. The van der Waals surface area contributed by atoms with Crippen molar-refractivity contribution in [3.63, 3.8) is 0 Å². The Labute approximate surface area is 134 Å². The molecule has 3 aromatic heterocycles. The van der Waals surface area contributed by atoms with Crippen LogP contribution in [0.2, 0.25) is 0 Å². The second-order valence-corrected chi connectivity index (χ2v) is 5.50. The van der Waals surface area contributed by atoms with E-state index in [-0.39, 0.29) is 11.7 Å². The summed E-state index contributed by atoms with van der Waals surface area (Å²) >= 11 is 0. The number of nitrogens with zero attached hydrogens (tertiary/aromatic N) is 7. The Kier molecular flexibility index (Phi) is 4.08. The number of hydrogen-bond donors (Lipinski definition) is 1. The molecule has 3 aromatic rings. The lowest BCUT2D eigenvalue weighted by Gasteiger charge is -2.11. The van der Waals surface area contributed by atoms with E-state index in [4.69, 9.17) is 0 Å². The van der Waals surface area contributed by atoms with Gasteiger partial charge in [-0.3, -0.25) is 4.68 Å². The van der Waals surface area contributed by atoms with Crippen molar-refractivity contribution < 1.29 is 13.2 Å². The fourth-order valence-corrected chi connectivity index (χ4v) is 2.28. The predicted molar refractivity (Wildman–Crippen MR) is 79.1 cm³/mol. The first-order chi connectivity index (χ1) is 11.3. The molecule has 0 aliphatic carbocycles. The van der Waals surface area contributed by atoms with Crippen LogP contribution < -0.4 is 5.32 Å². The van der Waals surface area contributed by atoms with Gasteiger partial charge in [0, 0.05) is 12.2 Å². The van der Waals surface area contributed by atoms with Gasteiger partial charge in [-0.2, -0.15) is 18.3 Å². The van der Waals surface area contributed by atoms with Crippen LogP contribution in [0.1, 0.15) is 25.7 Å². The van der Waals surface area contributed by atoms with E-state index in [1.165, 1.54) is 12.5 Å². The highest BCUT2D eigenvalue weighted by atomic mass is 19.4. The summed E-state index contributed by atoms with van der Waals surface area (Å²) in [4.78, 5) is 7.98. The highest BCUT2D eigenvalue weighted by molar-refractivity contribution is 5.85. The first-order valence-electron chi connectivity index (χ1n) is 7.20. The molecule has 0 spiro atoms. The third-order valence-corrected chi connectivity index (χ3v) is 3.32. The van der Waals surface area contributed by atoms with Gasteiger partial charge in [0.1, 0.15) is 25.0 Å². The Hall–Kier alpha value is -2.72. The zero-order valence-electron chi connectivity index (χ0n) is 13.0. The van der Waals surface area contributed by atoms with E-state index >= 15 is 0 Å². The van der Waals surface area contributed by atoms with Crippen molar-refractivity contribution in [3.05, 3.63) is 24.7 Å². The first kappa shape index (κ1) is 16.1. The highest BCUT2D eigenvalue weighted by Gasteiger charge is 2.28. The SMILES string of the molecule is CC(C)n1cnnc1CNc1ncnc2nn(CC(F)(F)F)cc12. The lowest BCUT2D eigenvalue weighted by molar-refractivity contribution is -0.142. The third-order valence-electron chi connectivity index (χ3n) is 3.32. The average molecular weight is 340 g/mol. The minimum absolute atomic E-state index is 0.191. The van der Waals surface area contributed by atoms with Gasteiger partial charge < -0.3 is 9.88 Å². The minimum Gasteiger partial charge on any atom is -0.362 e. The van der Waals surface area contributed by atoms with Crippen LogP contribution in [0, 0.1) is 0 Å². The quantitative estimate of drug-likeness (QED) is 0.766. The molecule has 1 N–H and O–H groups in total. The van der Waals surface area contributed by atoms with Crippen LogP contribution >= 0.6 is 0 Å². The van der Waals surface area contributed by atoms with Crippen LogP contribution in [0.4, 0.5) is 19.0 Å². The Morgan fingerprint density at radius 1 is 1.25 bits per heavy atom. The smallest absolute Gasteiger partial charge is 0.362 e. The van der Waals surface area contributed by atoms with E-state index in [0.717, 1.165) is 4.68 Å². The molecule has 24 heavy (non-hydrogen) atoms. The van der Waals surface area contributed by atoms with Gasteiger partial charge in [0.25, 0.3) is 0 Å². The summed E-state index contributed by atoms with van der Waals surface area (Å²) in [5.41, 5.74) is 0.196. The lowest BCUT2D eigenvalue weighted by atomic mass is 10.3. The van der Waals surface area contributed by atoms with E-state index in [2.05, 4.69) is 30.6 Å². The fraction of sp³-hybridized carbons (Fsp3) is 0.462. The van der Waals surface area contributed by atoms with E-state index in [1.807, 2.05) is 18.4 Å². The number of alkyl halides is 3. The molecule has 0 unspecified atom stereocenters. The maximum absolute atomic E-state index is 12.5. The molecule has 0 radical (unpaired) electrons. The summed E-state index contributed by atoms with van der Waals surface area (Å²) in [6.07, 6.45) is -0.198.